The maximum absolute atomic E-state index is 12.5. The highest BCUT2D eigenvalue weighted by Gasteiger charge is 2.15. The molecular weight excluding hydrogens is 456 g/mol. The van der Waals surface area contributed by atoms with E-state index in [0.29, 0.717) is 21.9 Å². The first-order valence-corrected chi connectivity index (χ1v) is 10.8. The molecule has 0 spiro atoms. The zero-order chi connectivity index (χ0) is 24.7. The summed E-state index contributed by atoms with van der Waals surface area (Å²) in [6, 6.07) is 18.4. The van der Waals surface area contributed by atoms with E-state index >= 15 is 0 Å². The Morgan fingerprint density at radius 3 is 2.44 bits per heavy atom. The number of carboxylic acids is 1. The number of aliphatic carboxylic acids is 1. The molecule has 0 aliphatic heterocycles. The van der Waals surface area contributed by atoms with E-state index in [-0.39, 0.29) is 18.9 Å². The number of guanidine groups is 1. The summed E-state index contributed by atoms with van der Waals surface area (Å²) in [6.07, 6.45) is 0.158. The molecule has 6 N–H and O–H groups in total. The summed E-state index contributed by atoms with van der Waals surface area (Å²) in [4.78, 5) is 27.3. The van der Waals surface area contributed by atoms with Gasteiger partial charge in [0, 0.05) is 28.3 Å². The van der Waals surface area contributed by atoms with Crippen molar-refractivity contribution >= 4 is 29.4 Å². The van der Waals surface area contributed by atoms with Crippen molar-refractivity contribution in [2.24, 2.45) is 16.5 Å². The maximum Gasteiger partial charge on any atom is 0.320 e. The number of hydrogen-bond donors (Lipinski definition) is 4. The molecule has 0 unspecified atom stereocenters. The molecule has 0 aromatic heterocycles. The topological polar surface area (TPSA) is 140 Å². The molecule has 8 nitrogen and oxygen atoms in total. The largest absolute Gasteiger partial charge is 0.496 e. The van der Waals surface area contributed by atoms with E-state index < -0.39 is 17.9 Å². The number of aliphatic imine (C=N–C) groups is 1. The summed E-state index contributed by atoms with van der Waals surface area (Å²) in [7, 11) is 1.59. The molecule has 0 heterocycles. The molecule has 3 rings (SSSR count). The monoisotopic (exact) mass is 480 g/mol. The minimum Gasteiger partial charge on any atom is -0.496 e. The number of nitrogens with zero attached hydrogens (tertiary/aromatic N) is 1. The van der Waals surface area contributed by atoms with Crippen molar-refractivity contribution in [2.45, 2.75) is 19.0 Å². The van der Waals surface area contributed by atoms with Gasteiger partial charge in [-0.3, -0.25) is 9.59 Å². The molecule has 0 bridgehead atoms. The lowest BCUT2D eigenvalue weighted by Crippen LogP contribution is -2.32. The van der Waals surface area contributed by atoms with Gasteiger partial charge in [-0.05, 0) is 41.8 Å². The van der Waals surface area contributed by atoms with E-state index in [1.807, 2.05) is 36.4 Å². The van der Waals surface area contributed by atoms with Crippen LogP contribution in [0.25, 0.3) is 11.1 Å². The third-order valence-electron chi connectivity index (χ3n) is 5.13. The Morgan fingerprint density at radius 2 is 1.79 bits per heavy atom. The number of carboxylic acid groups (broad SMARTS) is 1. The lowest BCUT2D eigenvalue weighted by molar-refractivity contribution is -0.138. The maximum atomic E-state index is 12.5. The first-order valence-electron chi connectivity index (χ1n) is 10.4. The van der Waals surface area contributed by atoms with E-state index in [4.69, 9.17) is 32.9 Å². The summed E-state index contributed by atoms with van der Waals surface area (Å²) in [5.74, 6) is -1.01. The second kappa shape index (κ2) is 11.3. The zero-order valence-electron chi connectivity index (χ0n) is 18.5. The molecule has 0 fully saturated rings. The zero-order valence-corrected chi connectivity index (χ0v) is 19.3. The highest BCUT2D eigenvalue weighted by Crippen LogP contribution is 2.37. The van der Waals surface area contributed by atoms with Gasteiger partial charge < -0.3 is 26.6 Å². The summed E-state index contributed by atoms with van der Waals surface area (Å²) in [5.41, 5.74) is 15.0. The van der Waals surface area contributed by atoms with Crippen LogP contribution >= 0.6 is 11.6 Å². The van der Waals surface area contributed by atoms with Crippen molar-refractivity contribution in [3.63, 3.8) is 0 Å². The average Bonchev–Trinajstić information content (AvgIpc) is 2.83. The number of ether oxygens (including phenoxy) is 1. The summed E-state index contributed by atoms with van der Waals surface area (Å²) in [5, 5.41) is 12.4. The molecule has 176 valence electrons. The van der Waals surface area contributed by atoms with Crippen LogP contribution in [0.4, 0.5) is 0 Å². The van der Waals surface area contributed by atoms with E-state index in [2.05, 4.69) is 10.3 Å². The molecule has 3 aromatic rings. The molecule has 0 radical (unpaired) electrons. The van der Waals surface area contributed by atoms with Gasteiger partial charge in [0.15, 0.2) is 5.96 Å². The number of nitrogens with one attached hydrogen (secondary N) is 1. The fraction of sp³-hybridized carbons (Fsp3) is 0.160. The Labute approximate surface area is 202 Å². The van der Waals surface area contributed by atoms with Crippen molar-refractivity contribution in [3.05, 3.63) is 88.4 Å². The van der Waals surface area contributed by atoms with Gasteiger partial charge in [0.25, 0.3) is 5.91 Å². The number of halogens is 1. The number of nitrogens with two attached hydrogens (primary N) is 2. The summed E-state index contributed by atoms with van der Waals surface area (Å²) in [6.45, 7) is 0.284. The van der Waals surface area contributed by atoms with E-state index in [1.165, 1.54) is 0 Å². The third kappa shape index (κ3) is 6.12. The Morgan fingerprint density at radius 1 is 1.09 bits per heavy atom. The van der Waals surface area contributed by atoms with E-state index in [0.717, 1.165) is 16.7 Å². The van der Waals surface area contributed by atoms with Gasteiger partial charge >= 0.3 is 5.97 Å². The lowest BCUT2D eigenvalue weighted by atomic mass is 9.98. The fourth-order valence-corrected chi connectivity index (χ4v) is 3.62. The highest BCUT2D eigenvalue weighted by atomic mass is 35.5. The number of hydrogen-bond acceptors (Lipinski definition) is 4. The minimum absolute atomic E-state index is 0.0464. The average molecular weight is 481 g/mol. The second-order valence-electron chi connectivity index (χ2n) is 7.48. The molecule has 1 amide bonds. The second-order valence-corrected chi connectivity index (χ2v) is 7.88. The van der Waals surface area contributed by atoms with Gasteiger partial charge in [-0.1, -0.05) is 54.1 Å². The SMILES string of the molecule is COc1cccc(CNC(N)=NC(=O)c2ccc(C[C@H](N)C(=O)O)cc2)c1-c1ccccc1Cl. The normalized spacial score (nSPS) is 12.1. The van der Waals surface area contributed by atoms with Gasteiger partial charge in [0.1, 0.15) is 11.8 Å². The van der Waals surface area contributed by atoms with E-state index in [9.17, 15) is 9.59 Å². The third-order valence-corrected chi connectivity index (χ3v) is 5.46. The molecule has 0 saturated carbocycles. The molecule has 3 aromatic carbocycles. The van der Waals surface area contributed by atoms with Crippen LogP contribution in [0.3, 0.4) is 0 Å². The van der Waals surface area contributed by atoms with Crippen molar-refractivity contribution < 1.29 is 19.4 Å². The number of rotatable bonds is 8. The molecular formula is C25H25ClN4O4. The summed E-state index contributed by atoms with van der Waals surface area (Å²) >= 11 is 6.41. The smallest absolute Gasteiger partial charge is 0.320 e. The number of benzene rings is 3. The molecule has 0 aliphatic carbocycles. The first-order chi connectivity index (χ1) is 16.3. The van der Waals surface area contributed by atoms with Crippen LogP contribution in [0, 0.1) is 0 Å². The van der Waals surface area contributed by atoms with Crippen molar-refractivity contribution in [1.82, 2.24) is 5.32 Å². The van der Waals surface area contributed by atoms with Crippen molar-refractivity contribution in [3.8, 4) is 16.9 Å². The van der Waals surface area contributed by atoms with Gasteiger partial charge in [0.05, 0.1) is 7.11 Å². The minimum atomic E-state index is -1.09. The fourth-order valence-electron chi connectivity index (χ4n) is 3.39. The van der Waals surface area contributed by atoms with Crippen LogP contribution in [0.1, 0.15) is 21.5 Å². The molecule has 0 saturated heterocycles. The Hall–Kier alpha value is -3.88. The Bertz CT molecular complexity index is 1210. The van der Waals surface area contributed by atoms with Crippen LogP contribution in [-0.2, 0) is 17.8 Å². The van der Waals surface area contributed by atoms with Crippen LogP contribution in [0.5, 0.6) is 5.75 Å². The Balaban J connectivity index is 1.73. The van der Waals surface area contributed by atoms with Gasteiger partial charge in [-0.25, -0.2) is 0 Å². The number of methoxy groups -OCH3 is 1. The highest BCUT2D eigenvalue weighted by molar-refractivity contribution is 6.33. The number of amides is 1. The van der Waals surface area contributed by atoms with Crippen LogP contribution in [-0.4, -0.2) is 36.1 Å². The number of carbonyl (C=O) groups excluding carboxylic acids is 1. The molecule has 34 heavy (non-hydrogen) atoms. The predicted molar refractivity (Wildman–Crippen MR) is 132 cm³/mol. The van der Waals surface area contributed by atoms with Crippen molar-refractivity contribution in [2.75, 3.05) is 7.11 Å². The standard InChI is InChI=1S/C25H25ClN4O4/c1-34-21-8-4-5-17(22(21)18-6-2-3-7-19(18)26)14-29-25(28)30-23(31)16-11-9-15(10-12-16)13-20(27)24(32)33/h2-12,20H,13-14,27H2,1H3,(H,32,33)(H3,28,29,30,31)/t20-/m0/s1. The molecule has 0 aliphatic rings. The van der Waals surface area contributed by atoms with Crippen LogP contribution in [0.2, 0.25) is 5.02 Å². The quantitative estimate of drug-likeness (QED) is 0.286. The predicted octanol–water partition coefficient (Wildman–Crippen LogP) is 3.21. The van der Waals surface area contributed by atoms with Crippen LogP contribution < -0.4 is 21.5 Å². The first kappa shape index (κ1) is 24.8. The molecule has 9 heteroatoms. The Kier molecular flexibility index (Phi) is 8.24. The van der Waals surface area contributed by atoms with Gasteiger partial charge in [0.2, 0.25) is 0 Å². The lowest BCUT2D eigenvalue weighted by Gasteiger charge is -2.16. The van der Waals surface area contributed by atoms with Crippen molar-refractivity contribution in [1.29, 1.82) is 0 Å². The van der Waals surface area contributed by atoms with Gasteiger partial charge in [-0.2, -0.15) is 4.99 Å². The number of carbonyl (C=O) groups is 2. The van der Waals surface area contributed by atoms with Gasteiger partial charge in [-0.15, -0.1) is 0 Å². The van der Waals surface area contributed by atoms with E-state index in [1.54, 1.807) is 37.4 Å². The van der Waals surface area contributed by atoms with Crippen LogP contribution in [0.15, 0.2) is 71.7 Å². The molecule has 1 atom stereocenters. The summed E-state index contributed by atoms with van der Waals surface area (Å²) < 4.78 is 5.53.